The molecule has 0 heterocycles. The van der Waals surface area contributed by atoms with Gasteiger partial charge >= 0.3 is 0 Å². The lowest BCUT2D eigenvalue weighted by atomic mass is 10.0. The van der Waals surface area contributed by atoms with Crippen molar-refractivity contribution in [2.24, 2.45) is 0 Å². The second kappa shape index (κ2) is 10.5. The Labute approximate surface area is 149 Å². The lowest BCUT2D eigenvalue weighted by Crippen LogP contribution is -2.02. The summed E-state index contributed by atoms with van der Waals surface area (Å²) < 4.78 is 5.64. The number of aromatic hydroxyl groups is 1. The predicted octanol–water partition coefficient (Wildman–Crippen LogP) is 4.33. The van der Waals surface area contributed by atoms with E-state index in [-0.39, 0.29) is 23.7 Å². The van der Waals surface area contributed by atoms with Crippen LogP contribution >= 0.6 is 0 Å². The number of benzene rings is 2. The molecule has 0 aliphatic carbocycles. The molecule has 0 saturated carbocycles. The Morgan fingerprint density at radius 1 is 0.880 bits per heavy atom. The van der Waals surface area contributed by atoms with Crippen LogP contribution in [0.2, 0.25) is 0 Å². The highest BCUT2D eigenvalue weighted by Crippen LogP contribution is 2.26. The summed E-state index contributed by atoms with van der Waals surface area (Å²) in [6.07, 6.45) is 6.26. The molecule has 0 aliphatic heterocycles. The number of phenols is 1. The third kappa shape index (κ3) is 6.24. The molecule has 0 bridgehead atoms. The van der Waals surface area contributed by atoms with Gasteiger partial charge in [-0.25, -0.2) is 0 Å². The Bertz CT molecular complexity index is 652. The van der Waals surface area contributed by atoms with Crippen molar-refractivity contribution in [2.45, 2.75) is 38.5 Å². The Hall–Kier alpha value is -2.33. The minimum absolute atomic E-state index is 0.0599. The summed E-state index contributed by atoms with van der Waals surface area (Å²) in [5.74, 6) is 0.310. The zero-order valence-electron chi connectivity index (χ0n) is 14.5. The van der Waals surface area contributed by atoms with E-state index < -0.39 is 0 Å². The topological polar surface area (TPSA) is 66.8 Å². The van der Waals surface area contributed by atoms with Gasteiger partial charge in [0.1, 0.15) is 11.5 Å². The molecule has 0 unspecified atom stereocenters. The SMILES string of the molecule is O=C(c1ccccc1)c1ccc(OCCCCCCCCO)cc1O. The summed E-state index contributed by atoms with van der Waals surface area (Å²) in [4.78, 5) is 12.4. The Morgan fingerprint density at radius 3 is 2.24 bits per heavy atom. The van der Waals surface area contributed by atoms with Crippen molar-refractivity contribution < 1.29 is 19.7 Å². The van der Waals surface area contributed by atoms with Crippen molar-refractivity contribution >= 4 is 5.78 Å². The van der Waals surface area contributed by atoms with E-state index in [1.54, 1.807) is 36.4 Å². The lowest BCUT2D eigenvalue weighted by molar-refractivity contribution is 0.103. The maximum Gasteiger partial charge on any atom is 0.196 e. The molecule has 0 amide bonds. The molecule has 0 atom stereocenters. The normalized spacial score (nSPS) is 10.6. The molecule has 4 heteroatoms. The summed E-state index contributed by atoms with van der Waals surface area (Å²) in [6, 6.07) is 13.7. The number of aliphatic hydroxyl groups excluding tert-OH is 1. The Balaban J connectivity index is 1.79. The van der Waals surface area contributed by atoms with Crippen LogP contribution in [0.1, 0.15) is 54.4 Å². The number of hydrogen-bond donors (Lipinski definition) is 2. The minimum Gasteiger partial charge on any atom is -0.507 e. The van der Waals surface area contributed by atoms with Crippen LogP contribution in [0.3, 0.4) is 0 Å². The molecule has 0 fully saturated rings. The van der Waals surface area contributed by atoms with Gasteiger partial charge in [0.15, 0.2) is 5.78 Å². The van der Waals surface area contributed by atoms with Gasteiger partial charge in [-0.3, -0.25) is 4.79 Å². The summed E-state index contributed by atoms with van der Waals surface area (Å²) in [7, 11) is 0. The van der Waals surface area contributed by atoms with Crippen LogP contribution in [0.25, 0.3) is 0 Å². The number of unbranched alkanes of at least 4 members (excludes halogenated alkanes) is 5. The highest BCUT2D eigenvalue weighted by Gasteiger charge is 2.13. The molecule has 2 aromatic carbocycles. The molecule has 134 valence electrons. The number of carbonyl (C=O) groups excluding carboxylic acids is 1. The first-order chi connectivity index (χ1) is 12.2. The first-order valence-corrected chi connectivity index (χ1v) is 8.89. The van der Waals surface area contributed by atoms with Crippen molar-refractivity contribution in [3.05, 3.63) is 59.7 Å². The second-order valence-electron chi connectivity index (χ2n) is 6.07. The Kier molecular flexibility index (Phi) is 7.99. The van der Waals surface area contributed by atoms with Crippen molar-refractivity contribution in [1.82, 2.24) is 0 Å². The number of hydrogen-bond acceptors (Lipinski definition) is 4. The van der Waals surface area contributed by atoms with E-state index in [1.807, 2.05) is 6.07 Å². The lowest BCUT2D eigenvalue weighted by Gasteiger charge is -2.09. The molecule has 0 aromatic heterocycles. The Morgan fingerprint density at radius 2 is 1.56 bits per heavy atom. The highest BCUT2D eigenvalue weighted by molar-refractivity contribution is 6.10. The van der Waals surface area contributed by atoms with Gasteiger partial charge in [-0.2, -0.15) is 0 Å². The fourth-order valence-corrected chi connectivity index (χ4v) is 2.65. The average molecular weight is 342 g/mol. The van der Waals surface area contributed by atoms with Gasteiger partial charge in [-0.1, -0.05) is 56.0 Å². The molecule has 2 rings (SSSR count). The first kappa shape index (κ1) is 19.0. The third-order valence-corrected chi connectivity index (χ3v) is 4.07. The van der Waals surface area contributed by atoms with Gasteiger partial charge < -0.3 is 14.9 Å². The van der Waals surface area contributed by atoms with Crippen molar-refractivity contribution in [3.63, 3.8) is 0 Å². The zero-order valence-corrected chi connectivity index (χ0v) is 14.5. The highest BCUT2D eigenvalue weighted by atomic mass is 16.5. The molecule has 4 nitrogen and oxygen atoms in total. The maximum atomic E-state index is 12.4. The zero-order chi connectivity index (χ0) is 17.9. The van der Waals surface area contributed by atoms with E-state index in [1.165, 1.54) is 6.07 Å². The molecule has 25 heavy (non-hydrogen) atoms. The summed E-state index contributed by atoms with van der Waals surface area (Å²) >= 11 is 0. The monoisotopic (exact) mass is 342 g/mol. The van der Waals surface area contributed by atoms with Crippen LogP contribution in [-0.4, -0.2) is 29.2 Å². The van der Waals surface area contributed by atoms with Crippen LogP contribution in [0.15, 0.2) is 48.5 Å². The number of ether oxygens (including phenoxy) is 1. The largest absolute Gasteiger partial charge is 0.507 e. The molecule has 2 N–H and O–H groups in total. The summed E-state index contributed by atoms with van der Waals surface area (Å²) in [5, 5.41) is 18.8. The molecule has 0 radical (unpaired) electrons. The van der Waals surface area contributed by atoms with Crippen LogP contribution in [0, 0.1) is 0 Å². The predicted molar refractivity (Wildman–Crippen MR) is 98.3 cm³/mol. The number of phenolic OH excluding ortho intramolecular Hbond substituents is 1. The van der Waals surface area contributed by atoms with E-state index in [0.717, 1.165) is 38.5 Å². The van der Waals surface area contributed by atoms with E-state index >= 15 is 0 Å². The van der Waals surface area contributed by atoms with Gasteiger partial charge in [0.25, 0.3) is 0 Å². The number of rotatable bonds is 11. The molecule has 2 aromatic rings. The van der Waals surface area contributed by atoms with Crippen molar-refractivity contribution in [1.29, 1.82) is 0 Å². The van der Waals surface area contributed by atoms with Crippen molar-refractivity contribution in [2.75, 3.05) is 13.2 Å². The fourth-order valence-electron chi connectivity index (χ4n) is 2.65. The smallest absolute Gasteiger partial charge is 0.196 e. The number of aliphatic hydroxyl groups is 1. The molecule has 0 aliphatic rings. The standard InChI is InChI=1S/C21H26O4/c22-14-8-3-1-2-4-9-15-25-18-12-13-19(20(23)16-18)21(24)17-10-6-5-7-11-17/h5-7,10-13,16,22-23H,1-4,8-9,14-15H2. The van der Waals surface area contributed by atoms with Gasteiger partial charge in [-0.15, -0.1) is 0 Å². The molecule has 0 saturated heterocycles. The second-order valence-corrected chi connectivity index (χ2v) is 6.07. The van der Waals surface area contributed by atoms with Gasteiger partial charge in [0.2, 0.25) is 0 Å². The van der Waals surface area contributed by atoms with Gasteiger partial charge in [0, 0.05) is 18.2 Å². The maximum absolute atomic E-state index is 12.4. The molecular weight excluding hydrogens is 316 g/mol. The van der Waals surface area contributed by atoms with Crippen molar-refractivity contribution in [3.8, 4) is 11.5 Å². The van der Waals surface area contributed by atoms with E-state index in [2.05, 4.69) is 0 Å². The number of ketones is 1. The van der Waals surface area contributed by atoms with Gasteiger partial charge in [0.05, 0.1) is 12.2 Å². The fraction of sp³-hybridized carbons (Fsp3) is 0.381. The minimum atomic E-state index is -0.201. The van der Waals surface area contributed by atoms with E-state index in [0.29, 0.717) is 17.9 Å². The average Bonchev–Trinajstić information content (AvgIpc) is 2.64. The number of carbonyl (C=O) groups is 1. The van der Waals surface area contributed by atoms with Crippen LogP contribution in [-0.2, 0) is 0 Å². The summed E-state index contributed by atoms with van der Waals surface area (Å²) in [6.45, 7) is 0.862. The van der Waals surface area contributed by atoms with Crippen LogP contribution in [0.5, 0.6) is 11.5 Å². The third-order valence-electron chi connectivity index (χ3n) is 4.07. The summed E-state index contributed by atoms with van der Waals surface area (Å²) in [5.41, 5.74) is 0.829. The van der Waals surface area contributed by atoms with Crippen LogP contribution < -0.4 is 4.74 Å². The first-order valence-electron chi connectivity index (χ1n) is 8.89. The van der Waals surface area contributed by atoms with E-state index in [9.17, 15) is 9.90 Å². The quantitative estimate of drug-likeness (QED) is 0.471. The van der Waals surface area contributed by atoms with E-state index in [4.69, 9.17) is 9.84 Å². The van der Waals surface area contributed by atoms with Crippen LogP contribution in [0.4, 0.5) is 0 Å². The molecular formula is C21H26O4. The molecule has 0 spiro atoms. The van der Waals surface area contributed by atoms with Gasteiger partial charge in [-0.05, 0) is 25.0 Å².